The Morgan fingerprint density at radius 1 is 1.36 bits per heavy atom. The zero-order valence-electron chi connectivity index (χ0n) is 8.52. The third kappa shape index (κ3) is 2.09. The summed E-state index contributed by atoms with van der Waals surface area (Å²) in [7, 11) is 0. The number of unbranched alkanes of at least 4 members (excludes halogenated alkanes) is 1. The van der Waals surface area contributed by atoms with Gasteiger partial charge < -0.3 is 0 Å². The van der Waals surface area contributed by atoms with Crippen LogP contribution in [0.5, 0.6) is 0 Å². The number of halogens is 1. The Bertz CT molecular complexity index is 363. The molecule has 1 aliphatic carbocycles. The fraction of sp³-hybridized carbons (Fsp3) is 0.385. The lowest BCUT2D eigenvalue weighted by Crippen LogP contribution is -1.85. The molecule has 0 atom stereocenters. The van der Waals surface area contributed by atoms with E-state index in [4.69, 9.17) is 0 Å². The SMILES string of the molecule is CCCCC1=Cc2ccc(Br)cc2C1. The molecule has 0 nitrogen and oxygen atoms in total. The van der Waals surface area contributed by atoms with Gasteiger partial charge in [0.2, 0.25) is 0 Å². The molecular weight excluding hydrogens is 236 g/mol. The summed E-state index contributed by atoms with van der Waals surface area (Å²) in [6.45, 7) is 2.25. The minimum absolute atomic E-state index is 1.16. The first-order chi connectivity index (χ1) is 6.79. The normalized spacial score (nSPS) is 14.0. The van der Waals surface area contributed by atoms with E-state index in [0.29, 0.717) is 0 Å². The van der Waals surface area contributed by atoms with Gasteiger partial charge in [-0.15, -0.1) is 0 Å². The molecule has 0 N–H and O–H groups in total. The number of hydrogen-bond acceptors (Lipinski definition) is 0. The summed E-state index contributed by atoms with van der Waals surface area (Å²) in [4.78, 5) is 0. The highest BCUT2D eigenvalue weighted by atomic mass is 79.9. The first-order valence-corrected chi connectivity index (χ1v) is 6.07. The molecule has 0 heterocycles. The van der Waals surface area contributed by atoms with E-state index < -0.39 is 0 Å². The van der Waals surface area contributed by atoms with Crippen LogP contribution >= 0.6 is 15.9 Å². The van der Waals surface area contributed by atoms with E-state index in [1.165, 1.54) is 34.9 Å². The van der Waals surface area contributed by atoms with Crippen molar-refractivity contribution in [3.05, 3.63) is 39.4 Å². The van der Waals surface area contributed by atoms with Crippen LogP contribution in [0.1, 0.15) is 37.3 Å². The van der Waals surface area contributed by atoms with Crippen LogP contribution in [0.4, 0.5) is 0 Å². The molecule has 0 bridgehead atoms. The predicted octanol–water partition coefficient (Wildman–Crippen LogP) is 4.58. The molecule has 0 saturated carbocycles. The van der Waals surface area contributed by atoms with Crippen molar-refractivity contribution >= 4 is 22.0 Å². The Morgan fingerprint density at radius 2 is 2.21 bits per heavy atom. The minimum Gasteiger partial charge on any atom is -0.0654 e. The molecule has 0 aliphatic heterocycles. The lowest BCUT2D eigenvalue weighted by Gasteiger charge is -2.00. The maximum absolute atomic E-state index is 3.51. The van der Waals surface area contributed by atoms with Crippen molar-refractivity contribution in [2.45, 2.75) is 32.6 Å². The van der Waals surface area contributed by atoms with Crippen molar-refractivity contribution < 1.29 is 0 Å². The van der Waals surface area contributed by atoms with Crippen LogP contribution in [0.2, 0.25) is 0 Å². The van der Waals surface area contributed by atoms with E-state index in [1.807, 2.05) is 0 Å². The van der Waals surface area contributed by atoms with Gasteiger partial charge in [-0.25, -0.2) is 0 Å². The second-order valence-corrected chi connectivity index (χ2v) is 4.84. The molecule has 0 spiro atoms. The summed E-state index contributed by atoms with van der Waals surface area (Å²) >= 11 is 3.51. The Labute approximate surface area is 94.2 Å². The van der Waals surface area contributed by atoms with Crippen molar-refractivity contribution in [2.75, 3.05) is 0 Å². The Kier molecular flexibility index (Phi) is 3.07. The van der Waals surface area contributed by atoms with Crippen molar-refractivity contribution in [1.29, 1.82) is 0 Å². The predicted molar refractivity (Wildman–Crippen MR) is 65.3 cm³/mol. The third-order valence-electron chi connectivity index (χ3n) is 2.73. The standard InChI is InChI=1S/C13H15Br/c1-2-3-4-10-7-11-5-6-13(14)9-12(11)8-10/h5-7,9H,2-4,8H2,1H3. The molecule has 0 fully saturated rings. The Balaban J connectivity index is 2.12. The summed E-state index contributed by atoms with van der Waals surface area (Å²) in [6, 6.07) is 6.57. The Hall–Kier alpha value is -0.560. The molecule has 0 radical (unpaired) electrons. The van der Waals surface area contributed by atoms with E-state index in [-0.39, 0.29) is 0 Å². The fourth-order valence-electron chi connectivity index (χ4n) is 1.95. The smallest absolute Gasteiger partial charge is 0.0178 e. The van der Waals surface area contributed by atoms with Crippen LogP contribution < -0.4 is 0 Å². The number of hydrogen-bond donors (Lipinski definition) is 0. The zero-order valence-corrected chi connectivity index (χ0v) is 10.1. The quantitative estimate of drug-likeness (QED) is 0.737. The second-order valence-electron chi connectivity index (χ2n) is 3.93. The van der Waals surface area contributed by atoms with E-state index in [0.717, 1.165) is 6.42 Å². The topological polar surface area (TPSA) is 0 Å². The molecule has 1 aromatic carbocycles. The monoisotopic (exact) mass is 250 g/mol. The lowest BCUT2D eigenvalue weighted by molar-refractivity contribution is 0.779. The Morgan fingerprint density at radius 3 is 3.00 bits per heavy atom. The van der Waals surface area contributed by atoms with Gasteiger partial charge in [0.15, 0.2) is 0 Å². The molecule has 14 heavy (non-hydrogen) atoms. The fourth-order valence-corrected chi connectivity index (χ4v) is 2.36. The largest absolute Gasteiger partial charge is 0.0654 e. The van der Waals surface area contributed by atoms with Crippen LogP contribution in [0.15, 0.2) is 28.2 Å². The van der Waals surface area contributed by atoms with Gasteiger partial charge in [0.25, 0.3) is 0 Å². The molecule has 0 amide bonds. The average Bonchev–Trinajstić information content (AvgIpc) is 2.56. The first kappa shape index (κ1) is 9.97. The van der Waals surface area contributed by atoms with Gasteiger partial charge in [0.1, 0.15) is 0 Å². The van der Waals surface area contributed by atoms with E-state index in [2.05, 4.69) is 47.1 Å². The molecule has 74 valence electrons. The molecule has 2 rings (SSSR count). The highest BCUT2D eigenvalue weighted by molar-refractivity contribution is 9.10. The van der Waals surface area contributed by atoms with Crippen LogP contribution in [0, 0.1) is 0 Å². The molecule has 1 heteroatoms. The number of allylic oxidation sites excluding steroid dienone is 1. The molecule has 1 aliphatic rings. The van der Waals surface area contributed by atoms with Crippen molar-refractivity contribution in [1.82, 2.24) is 0 Å². The first-order valence-electron chi connectivity index (χ1n) is 5.27. The van der Waals surface area contributed by atoms with Crippen molar-refractivity contribution in [3.8, 4) is 0 Å². The van der Waals surface area contributed by atoms with Crippen LogP contribution in [-0.2, 0) is 6.42 Å². The molecule has 0 saturated heterocycles. The minimum atomic E-state index is 1.16. The van der Waals surface area contributed by atoms with E-state index in [9.17, 15) is 0 Å². The van der Waals surface area contributed by atoms with Crippen LogP contribution in [0.3, 0.4) is 0 Å². The molecular formula is C13H15Br. The van der Waals surface area contributed by atoms with Crippen LogP contribution in [0.25, 0.3) is 6.08 Å². The van der Waals surface area contributed by atoms with Gasteiger partial charge in [-0.1, -0.05) is 47.0 Å². The summed E-state index contributed by atoms with van der Waals surface area (Å²) in [5.74, 6) is 0. The molecule has 0 unspecified atom stereocenters. The van der Waals surface area contributed by atoms with E-state index in [1.54, 1.807) is 5.57 Å². The molecule has 1 aromatic rings. The number of benzene rings is 1. The number of rotatable bonds is 3. The van der Waals surface area contributed by atoms with Gasteiger partial charge in [0.05, 0.1) is 0 Å². The average molecular weight is 251 g/mol. The van der Waals surface area contributed by atoms with Crippen molar-refractivity contribution in [2.24, 2.45) is 0 Å². The maximum atomic E-state index is 3.51. The van der Waals surface area contributed by atoms with Crippen molar-refractivity contribution in [3.63, 3.8) is 0 Å². The number of fused-ring (bicyclic) bond motifs is 1. The molecule has 0 aromatic heterocycles. The summed E-state index contributed by atoms with van der Waals surface area (Å²) in [5.41, 5.74) is 4.49. The van der Waals surface area contributed by atoms with Gasteiger partial charge in [-0.3, -0.25) is 0 Å². The van der Waals surface area contributed by atoms with Crippen LogP contribution in [-0.4, -0.2) is 0 Å². The second kappa shape index (κ2) is 4.31. The summed E-state index contributed by atoms with van der Waals surface area (Å²) in [6.07, 6.45) is 7.40. The summed E-state index contributed by atoms with van der Waals surface area (Å²) in [5, 5.41) is 0. The summed E-state index contributed by atoms with van der Waals surface area (Å²) < 4.78 is 1.20. The zero-order chi connectivity index (χ0) is 9.97. The highest BCUT2D eigenvalue weighted by Crippen LogP contribution is 2.29. The maximum Gasteiger partial charge on any atom is 0.0178 e. The van der Waals surface area contributed by atoms with E-state index >= 15 is 0 Å². The lowest BCUT2D eigenvalue weighted by atomic mass is 10.1. The third-order valence-corrected chi connectivity index (χ3v) is 3.23. The van der Waals surface area contributed by atoms with Gasteiger partial charge in [0, 0.05) is 4.47 Å². The van der Waals surface area contributed by atoms with Gasteiger partial charge in [-0.2, -0.15) is 0 Å². The van der Waals surface area contributed by atoms with Gasteiger partial charge >= 0.3 is 0 Å². The highest BCUT2D eigenvalue weighted by Gasteiger charge is 2.11. The van der Waals surface area contributed by atoms with Gasteiger partial charge in [-0.05, 0) is 42.5 Å².